The van der Waals surface area contributed by atoms with E-state index in [1.165, 1.54) is 35.9 Å². The molecule has 2 N–H and O–H groups in total. The van der Waals surface area contributed by atoms with Crippen molar-refractivity contribution >= 4 is 55.8 Å². The molecule has 0 bridgehead atoms. The van der Waals surface area contributed by atoms with Gasteiger partial charge in [0.1, 0.15) is 0 Å². The predicted molar refractivity (Wildman–Crippen MR) is 156 cm³/mol. The standard InChI is InChI=1S/C28H18Cl2N6O4S/c1-15(37)26-34-36(20-10-12-21(13-11-20)41(31,39)40)28-33-25-24(27(38)35(26)28)22(16-2-6-18(29)7-3-16)14-23(32-25)17-4-8-19(30)9-5-17/h2-14H,1H3,(H2,31,39,40). The molecule has 0 fully saturated rings. The van der Waals surface area contributed by atoms with Crippen molar-refractivity contribution in [3.05, 3.63) is 105 Å². The number of hydrogen-bond acceptors (Lipinski definition) is 7. The lowest BCUT2D eigenvalue weighted by molar-refractivity contribution is 0.100. The third-order valence-electron chi connectivity index (χ3n) is 6.44. The highest BCUT2D eigenvalue weighted by Crippen LogP contribution is 2.32. The minimum absolute atomic E-state index is 0.0128. The summed E-state index contributed by atoms with van der Waals surface area (Å²) in [5.74, 6) is -0.616. The first kappa shape index (κ1) is 26.8. The van der Waals surface area contributed by atoms with Crippen LogP contribution in [0.5, 0.6) is 0 Å². The number of ketones is 1. The van der Waals surface area contributed by atoms with Gasteiger partial charge in [-0.2, -0.15) is 9.67 Å². The molecule has 41 heavy (non-hydrogen) atoms. The van der Waals surface area contributed by atoms with Crippen molar-refractivity contribution in [2.24, 2.45) is 5.14 Å². The molecule has 0 unspecified atom stereocenters. The first-order valence-electron chi connectivity index (χ1n) is 12.0. The van der Waals surface area contributed by atoms with E-state index in [-0.39, 0.29) is 27.5 Å². The highest BCUT2D eigenvalue weighted by atomic mass is 35.5. The van der Waals surface area contributed by atoms with E-state index in [1.807, 2.05) is 0 Å². The zero-order chi connectivity index (χ0) is 29.1. The lowest BCUT2D eigenvalue weighted by Gasteiger charge is -2.11. The SMILES string of the molecule is CC(=O)c1nn(-c2ccc(S(N)(=O)=O)cc2)c2nc3nc(-c4ccc(Cl)cc4)cc(-c4ccc(Cl)cc4)c3c(=O)n12. The Hall–Kier alpha value is -4.42. The fourth-order valence-electron chi connectivity index (χ4n) is 4.49. The van der Waals surface area contributed by atoms with Gasteiger partial charge in [-0.3, -0.25) is 9.59 Å². The molecule has 0 saturated heterocycles. The van der Waals surface area contributed by atoms with Crippen LogP contribution in [0.1, 0.15) is 17.5 Å². The van der Waals surface area contributed by atoms with Crippen LogP contribution in [0.15, 0.2) is 88.6 Å². The van der Waals surface area contributed by atoms with E-state index in [4.69, 9.17) is 38.3 Å². The molecule has 0 spiro atoms. The minimum atomic E-state index is -3.94. The maximum atomic E-state index is 14.1. The Morgan fingerprint density at radius 1 is 0.854 bits per heavy atom. The van der Waals surface area contributed by atoms with Crippen LogP contribution in [0.4, 0.5) is 0 Å². The summed E-state index contributed by atoms with van der Waals surface area (Å²) >= 11 is 12.2. The first-order valence-corrected chi connectivity index (χ1v) is 14.3. The van der Waals surface area contributed by atoms with Gasteiger partial charge in [0.25, 0.3) is 5.56 Å². The van der Waals surface area contributed by atoms with Gasteiger partial charge in [-0.15, -0.1) is 5.10 Å². The third-order valence-corrected chi connectivity index (χ3v) is 7.87. The van der Waals surface area contributed by atoms with Gasteiger partial charge in [-0.05, 0) is 60.2 Å². The second-order valence-electron chi connectivity index (χ2n) is 9.15. The number of benzene rings is 3. The van der Waals surface area contributed by atoms with Crippen molar-refractivity contribution in [3.8, 4) is 28.1 Å². The molecule has 204 valence electrons. The van der Waals surface area contributed by atoms with Crippen molar-refractivity contribution in [2.75, 3.05) is 0 Å². The molecular weight excluding hydrogens is 587 g/mol. The van der Waals surface area contributed by atoms with Crippen molar-refractivity contribution in [1.82, 2.24) is 24.1 Å². The Kier molecular flexibility index (Phi) is 6.46. The number of carbonyl (C=O) groups is 1. The molecule has 0 radical (unpaired) electrons. The molecule has 0 amide bonds. The van der Waals surface area contributed by atoms with Gasteiger partial charge in [-0.1, -0.05) is 47.5 Å². The number of aromatic nitrogens is 5. The van der Waals surface area contributed by atoms with E-state index < -0.39 is 21.4 Å². The normalized spacial score (nSPS) is 11.8. The maximum Gasteiger partial charge on any atom is 0.271 e. The number of nitrogens with two attached hydrogens (primary N) is 1. The number of primary sulfonamides is 1. The zero-order valence-electron chi connectivity index (χ0n) is 21.1. The van der Waals surface area contributed by atoms with Crippen LogP contribution in [-0.4, -0.2) is 38.4 Å². The number of pyridine rings is 1. The highest BCUT2D eigenvalue weighted by Gasteiger charge is 2.23. The third kappa shape index (κ3) is 4.78. The number of carbonyl (C=O) groups excluding carboxylic acids is 1. The molecule has 0 aliphatic heterocycles. The molecule has 0 atom stereocenters. The maximum absolute atomic E-state index is 14.1. The molecule has 6 rings (SSSR count). The summed E-state index contributed by atoms with van der Waals surface area (Å²) in [5, 5.41) is 10.8. The Morgan fingerprint density at radius 2 is 1.44 bits per heavy atom. The largest absolute Gasteiger partial charge is 0.291 e. The second-order valence-corrected chi connectivity index (χ2v) is 11.6. The van der Waals surface area contributed by atoms with Crippen LogP contribution >= 0.6 is 23.2 Å². The Bertz CT molecular complexity index is 2180. The summed E-state index contributed by atoms with van der Waals surface area (Å²) in [6.45, 7) is 1.29. The summed E-state index contributed by atoms with van der Waals surface area (Å²) in [4.78, 5) is 36.1. The molecule has 0 saturated carbocycles. The van der Waals surface area contributed by atoms with E-state index in [0.29, 0.717) is 32.6 Å². The van der Waals surface area contributed by atoms with Gasteiger partial charge in [0, 0.05) is 28.1 Å². The van der Waals surface area contributed by atoms with Gasteiger partial charge >= 0.3 is 0 Å². The van der Waals surface area contributed by atoms with Gasteiger partial charge < -0.3 is 0 Å². The van der Waals surface area contributed by atoms with Gasteiger partial charge in [0.05, 0.1) is 21.7 Å². The number of rotatable bonds is 5. The van der Waals surface area contributed by atoms with Crippen molar-refractivity contribution in [1.29, 1.82) is 0 Å². The molecule has 3 aromatic heterocycles. The number of halogens is 2. The van der Waals surface area contributed by atoms with E-state index in [9.17, 15) is 18.0 Å². The van der Waals surface area contributed by atoms with E-state index in [0.717, 1.165) is 9.96 Å². The summed E-state index contributed by atoms with van der Waals surface area (Å²) < 4.78 is 25.9. The molecule has 3 aromatic carbocycles. The van der Waals surface area contributed by atoms with Crippen LogP contribution < -0.4 is 10.7 Å². The molecule has 3 heterocycles. The minimum Gasteiger partial charge on any atom is -0.291 e. The summed E-state index contributed by atoms with van der Waals surface area (Å²) in [6.07, 6.45) is 0. The summed E-state index contributed by atoms with van der Waals surface area (Å²) in [6, 6.07) is 21.3. The average Bonchev–Trinajstić information content (AvgIpc) is 3.33. The highest BCUT2D eigenvalue weighted by molar-refractivity contribution is 7.89. The molecule has 10 nitrogen and oxygen atoms in total. The fraction of sp³-hybridized carbons (Fsp3) is 0.0357. The van der Waals surface area contributed by atoms with Gasteiger partial charge in [0.2, 0.25) is 21.6 Å². The van der Waals surface area contributed by atoms with Gasteiger partial charge in [0.15, 0.2) is 11.4 Å². The van der Waals surface area contributed by atoms with Gasteiger partial charge in [-0.25, -0.2) is 22.9 Å². The number of sulfonamides is 1. The van der Waals surface area contributed by atoms with Crippen LogP contribution in [0.3, 0.4) is 0 Å². The molecular formula is C28H18Cl2N6O4S. The quantitative estimate of drug-likeness (QED) is 0.275. The van der Waals surface area contributed by atoms with Crippen molar-refractivity contribution in [2.45, 2.75) is 11.8 Å². The second kappa shape index (κ2) is 9.89. The first-order chi connectivity index (χ1) is 19.5. The number of nitrogens with zero attached hydrogens (tertiary/aromatic N) is 5. The monoisotopic (exact) mass is 604 g/mol. The molecule has 0 aliphatic rings. The van der Waals surface area contributed by atoms with Crippen LogP contribution in [0.2, 0.25) is 10.0 Å². The molecule has 13 heteroatoms. The van der Waals surface area contributed by atoms with Crippen molar-refractivity contribution in [3.63, 3.8) is 0 Å². The van der Waals surface area contributed by atoms with Crippen LogP contribution in [0, 0.1) is 0 Å². The Morgan fingerprint density at radius 3 is 2.00 bits per heavy atom. The predicted octanol–water partition coefficient (Wildman–Crippen LogP) is 4.92. The number of Topliss-reactive ketones (excluding diaryl/α,β-unsaturated/α-hetero) is 1. The Balaban J connectivity index is 1.70. The summed E-state index contributed by atoms with van der Waals surface area (Å²) in [5.41, 5.74) is 2.40. The smallest absolute Gasteiger partial charge is 0.271 e. The molecule has 0 aliphatic carbocycles. The lowest BCUT2D eigenvalue weighted by Crippen LogP contribution is -2.20. The van der Waals surface area contributed by atoms with Crippen molar-refractivity contribution < 1.29 is 13.2 Å². The van der Waals surface area contributed by atoms with E-state index in [1.54, 1.807) is 54.6 Å². The number of fused-ring (bicyclic) bond motifs is 2. The van der Waals surface area contributed by atoms with E-state index in [2.05, 4.69) is 5.10 Å². The fourth-order valence-corrected chi connectivity index (χ4v) is 5.26. The summed E-state index contributed by atoms with van der Waals surface area (Å²) in [7, 11) is -3.94. The zero-order valence-corrected chi connectivity index (χ0v) is 23.4. The van der Waals surface area contributed by atoms with Crippen LogP contribution in [0.25, 0.3) is 44.9 Å². The topological polar surface area (TPSA) is 142 Å². The lowest BCUT2D eigenvalue weighted by atomic mass is 10.0. The Labute approximate surface area is 242 Å². The van der Waals surface area contributed by atoms with E-state index >= 15 is 0 Å². The average molecular weight is 605 g/mol. The molecule has 6 aromatic rings. The number of hydrogen-bond donors (Lipinski definition) is 1. The van der Waals surface area contributed by atoms with Crippen LogP contribution in [-0.2, 0) is 10.0 Å².